The van der Waals surface area contributed by atoms with Crippen molar-refractivity contribution in [1.82, 2.24) is 4.72 Å². The molecule has 2 atom stereocenters. The molecule has 176 valence electrons. The molecule has 4 rings (SSSR count). The first-order valence-electron chi connectivity index (χ1n) is 10.3. The molecular formula is C23H22F3NO4S2. The Morgan fingerprint density at radius 1 is 1.06 bits per heavy atom. The monoisotopic (exact) mass is 497 g/mol. The number of aliphatic hydroxyl groups excluding tert-OH is 1. The van der Waals surface area contributed by atoms with Crippen LogP contribution in [-0.2, 0) is 22.9 Å². The summed E-state index contributed by atoms with van der Waals surface area (Å²) in [5.41, 5.74) is 3.52. The van der Waals surface area contributed by atoms with Gasteiger partial charge in [-0.1, -0.05) is 24.3 Å². The summed E-state index contributed by atoms with van der Waals surface area (Å²) in [6.45, 7) is -0.221. The van der Waals surface area contributed by atoms with Crippen molar-refractivity contribution in [3.05, 3.63) is 81.5 Å². The fraction of sp³-hybridized carbons (Fsp3) is 0.304. The smallest absolute Gasteiger partial charge is 0.406 e. The number of ether oxygens (including phenoxy) is 1. The highest BCUT2D eigenvalue weighted by Gasteiger charge is 2.31. The molecule has 0 radical (unpaired) electrons. The number of alkyl halides is 3. The van der Waals surface area contributed by atoms with E-state index in [0.717, 1.165) is 48.2 Å². The van der Waals surface area contributed by atoms with Gasteiger partial charge in [0, 0.05) is 17.3 Å². The molecule has 0 fully saturated rings. The van der Waals surface area contributed by atoms with Crippen LogP contribution in [0.4, 0.5) is 13.2 Å². The van der Waals surface area contributed by atoms with Gasteiger partial charge in [0.1, 0.15) is 5.75 Å². The van der Waals surface area contributed by atoms with Crippen molar-refractivity contribution in [2.45, 2.75) is 42.5 Å². The van der Waals surface area contributed by atoms with Crippen LogP contribution in [0.2, 0.25) is 0 Å². The first kappa shape index (κ1) is 23.7. The maximum Gasteiger partial charge on any atom is 0.573 e. The Kier molecular flexibility index (Phi) is 6.81. The Hall–Kier alpha value is -2.40. The van der Waals surface area contributed by atoms with Crippen LogP contribution in [0.3, 0.4) is 0 Å². The topological polar surface area (TPSA) is 75.6 Å². The molecule has 1 aliphatic carbocycles. The molecule has 2 aromatic carbocycles. The molecule has 33 heavy (non-hydrogen) atoms. The second-order valence-electron chi connectivity index (χ2n) is 7.81. The van der Waals surface area contributed by atoms with E-state index in [1.807, 2.05) is 23.6 Å². The quantitative estimate of drug-likeness (QED) is 0.500. The Morgan fingerprint density at radius 3 is 2.52 bits per heavy atom. The number of fused-ring (bicyclic) bond motifs is 2. The van der Waals surface area contributed by atoms with E-state index in [-0.39, 0.29) is 17.4 Å². The summed E-state index contributed by atoms with van der Waals surface area (Å²) in [5, 5.41) is 12.7. The van der Waals surface area contributed by atoms with Crippen LogP contribution < -0.4 is 9.46 Å². The summed E-state index contributed by atoms with van der Waals surface area (Å²) < 4.78 is 68.1. The third-order valence-electron chi connectivity index (χ3n) is 5.59. The number of rotatable bonds is 7. The highest BCUT2D eigenvalue weighted by Crippen LogP contribution is 2.39. The van der Waals surface area contributed by atoms with Gasteiger partial charge in [0.25, 0.3) is 0 Å². The lowest BCUT2D eigenvalue weighted by atomic mass is 9.86. The van der Waals surface area contributed by atoms with E-state index >= 15 is 0 Å². The molecule has 5 nitrogen and oxygen atoms in total. The Balaban J connectivity index is 1.44. The molecule has 10 heteroatoms. The molecule has 0 amide bonds. The highest BCUT2D eigenvalue weighted by molar-refractivity contribution is 7.89. The van der Waals surface area contributed by atoms with Crippen LogP contribution in [0, 0.1) is 0 Å². The molecule has 1 aromatic heterocycles. The van der Waals surface area contributed by atoms with Crippen LogP contribution in [0.15, 0.2) is 64.9 Å². The second-order valence-corrected chi connectivity index (χ2v) is 10.6. The van der Waals surface area contributed by atoms with Crippen molar-refractivity contribution < 1.29 is 31.4 Å². The van der Waals surface area contributed by atoms with Crippen molar-refractivity contribution in [3.8, 4) is 5.75 Å². The average Bonchev–Trinajstić information content (AvgIpc) is 3.17. The normalized spacial score (nSPS) is 17.0. The van der Waals surface area contributed by atoms with E-state index in [1.165, 1.54) is 10.4 Å². The lowest BCUT2D eigenvalue weighted by Crippen LogP contribution is -2.33. The molecule has 1 heterocycles. The number of hydrogen-bond donors (Lipinski definition) is 2. The lowest BCUT2D eigenvalue weighted by Gasteiger charge is -2.22. The second kappa shape index (κ2) is 9.46. The minimum Gasteiger partial charge on any atom is -0.406 e. The number of nitrogens with one attached hydrogen (secondary N) is 1. The Labute approximate surface area is 193 Å². The summed E-state index contributed by atoms with van der Waals surface area (Å²) in [5.74, 6) is -0.566. The number of aliphatic hydroxyl groups is 1. The van der Waals surface area contributed by atoms with E-state index in [0.29, 0.717) is 6.42 Å². The molecule has 0 saturated heterocycles. The minimum absolute atomic E-state index is 0.0525. The fourth-order valence-electron chi connectivity index (χ4n) is 4.10. The van der Waals surface area contributed by atoms with Gasteiger partial charge >= 0.3 is 6.36 Å². The first-order valence-corrected chi connectivity index (χ1v) is 12.7. The SMILES string of the molecule is O=S(=O)(NCC(O)CC1c2ccccc2CCc2sccc21)c1ccc(OC(F)(F)F)cc1. The fourth-order valence-corrected chi connectivity index (χ4v) is 6.12. The zero-order valence-corrected chi connectivity index (χ0v) is 19.0. The summed E-state index contributed by atoms with van der Waals surface area (Å²) in [6.07, 6.45) is -3.64. The molecular weight excluding hydrogens is 475 g/mol. The van der Waals surface area contributed by atoms with Crippen molar-refractivity contribution in [2.75, 3.05) is 6.54 Å². The van der Waals surface area contributed by atoms with E-state index in [9.17, 15) is 26.7 Å². The van der Waals surface area contributed by atoms with Crippen LogP contribution in [0.1, 0.15) is 33.9 Å². The van der Waals surface area contributed by atoms with Crippen molar-refractivity contribution in [1.29, 1.82) is 0 Å². The minimum atomic E-state index is -4.86. The number of sulfonamides is 1. The van der Waals surface area contributed by atoms with Crippen molar-refractivity contribution in [2.24, 2.45) is 0 Å². The van der Waals surface area contributed by atoms with Gasteiger partial charge in [-0.3, -0.25) is 0 Å². The molecule has 0 spiro atoms. The van der Waals surface area contributed by atoms with Gasteiger partial charge in [-0.25, -0.2) is 13.1 Å². The molecule has 0 saturated carbocycles. The highest BCUT2D eigenvalue weighted by atomic mass is 32.2. The maximum atomic E-state index is 12.6. The van der Waals surface area contributed by atoms with Crippen LogP contribution in [0.5, 0.6) is 5.75 Å². The Morgan fingerprint density at radius 2 is 1.79 bits per heavy atom. The van der Waals surface area contributed by atoms with Gasteiger partial charge in [0.15, 0.2) is 0 Å². The number of hydrogen-bond acceptors (Lipinski definition) is 5. The van der Waals surface area contributed by atoms with Gasteiger partial charge in [0.2, 0.25) is 10.0 Å². The van der Waals surface area contributed by atoms with Crippen LogP contribution in [-0.4, -0.2) is 32.5 Å². The van der Waals surface area contributed by atoms with E-state index in [2.05, 4.69) is 21.6 Å². The summed E-state index contributed by atoms with van der Waals surface area (Å²) in [7, 11) is -4.02. The van der Waals surface area contributed by atoms with Crippen molar-refractivity contribution >= 4 is 21.4 Å². The number of aryl methyl sites for hydroxylation is 2. The van der Waals surface area contributed by atoms with Crippen molar-refractivity contribution in [3.63, 3.8) is 0 Å². The molecule has 2 unspecified atom stereocenters. The number of thiophene rings is 1. The number of halogens is 3. The maximum absolute atomic E-state index is 12.6. The molecule has 3 aromatic rings. The van der Waals surface area contributed by atoms with Crippen LogP contribution >= 0.6 is 11.3 Å². The van der Waals surface area contributed by atoms with Gasteiger partial charge in [-0.15, -0.1) is 24.5 Å². The predicted octanol–water partition coefficient (Wildman–Crippen LogP) is 4.61. The standard InChI is InChI=1S/C23H22F3NO4S2/c24-23(25,26)31-17-6-8-18(9-7-17)33(29,30)27-14-16(28)13-21-19-4-2-1-3-15(19)5-10-22-20(21)11-12-32-22/h1-4,6-9,11-12,16,21,27-28H,5,10,13-14H2. The zero-order chi connectivity index (χ0) is 23.6. The zero-order valence-electron chi connectivity index (χ0n) is 17.4. The van der Waals surface area contributed by atoms with E-state index in [4.69, 9.17) is 0 Å². The van der Waals surface area contributed by atoms with Gasteiger partial charge in [0.05, 0.1) is 11.0 Å². The summed E-state index contributed by atoms with van der Waals surface area (Å²) in [4.78, 5) is 1.05. The molecule has 1 aliphatic rings. The third kappa shape index (κ3) is 5.75. The predicted molar refractivity (Wildman–Crippen MR) is 119 cm³/mol. The van der Waals surface area contributed by atoms with E-state index < -0.39 is 28.2 Å². The first-order chi connectivity index (χ1) is 15.6. The van der Waals surface area contributed by atoms with Crippen LogP contribution in [0.25, 0.3) is 0 Å². The lowest BCUT2D eigenvalue weighted by molar-refractivity contribution is -0.274. The van der Waals surface area contributed by atoms with Gasteiger partial charge in [-0.05, 0) is 71.7 Å². The molecule has 2 N–H and O–H groups in total. The van der Waals surface area contributed by atoms with Gasteiger partial charge < -0.3 is 9.84 Å². The van der Waals surface area contributed by atoms with Gasteiger partial charge in [-0.2, -0.15) is 0 Å². The largest absolute Gasteiger partial charge is 0.573 e. The third-order valence-corrected chi connectivity index (χ3v) is 8.03. The summed E-state index contributed by atoms with van der Waals surface area (Å²) >= 11 is 1.69. The average molecular weight is 498 g/mol. The number of benzene rings is 2. The molecule has 0 aliphatic heterocycles. The summed E-state index contributed by atoms with van der Waals surface area (Å²) in [6, 6.07) is 14.1. The Bertz CT molecular complexity index is 1210. The van der Waals surface area contributed by atoms with E-state index in [1.54, 1.807) is 11.3 Å². The molecule has 0 bridgehead atoms.